The lowest BCUT2D eigenvalue weighted by atomic mass is 10.1. The first-order valence-corrected chi connectivity index (χ1v) is 11.9. The Hall–Kier alpha value is -2.75. The molecule has 0 aliphatic carbocycles. The number of piperazine rings is 1. The number of rotatable bonds is 4. The van der Waals surface area contributed by atoms with E-state index in [1.807, 2.05) is 0 Å². The minimum Gasteiger partial charge on any atom is -0.336 e. The Balaban J connectivity index is 1.52. The van der Waals surface area contributed by atoms with E-state index in [2.05, 4.69) is 5.10 Å². The Bertz CT molecular complexity index is 1270. The van der Waals surface area contributed by atoms with Crippen molar-refractivity contribution in [3.05, 3.63) is 76.3 Å². The quantitative estimate of drug-likeness (QED) is 0.578. The maximum absolute atomic E-state index is 13.3. The van der Waals surface area contributed by atoms with Crippen LogP contribution in [0.1, 0.15) is 21.7 Å². The van der Waals surface area contributed by atoms with Crippen LogP contribution in [-0.4, -0.2) is 59.5 Å². The van der Waals surface area contributed by atoms with Gasteiger partial charge < -0.3 is 4.90 Å². The number of benzene rings is 2. The summed E-state index contributed by atoms with van der Waals surface area (Å²) < 4.78 is 42.1. The molecule has 0 bridgehead atoms. The number of carbonyl (C=O) groups is 1. The SMILES string of the molecule is Cc1nn(-c2ccc(F)cc2)c(C)c1C(=O)N1CCN(S(=O)(=O)c2ccccc2Cl)CC1. The van der Waals surface area contributed by atoms with Crippen molar-refractivity contribution in [2.45, 2.75) is 18.7 Å². The first-order chi connectivity index (χ1) is 15.2. The van der Waals surface area contributed by atoms with Crippen LogP contribution in [0.5, 0.6) is 0 Å². The number of aromatic nitrogens is 2. The van der Waals surface area contributed by atoms with Crippen molar-refractivity contribution in [2.24, 2.45) is 0 Å². The van der Waals surface area contributed by atoms with Crippen molar-refractivity contribution in [2.75, 3.05) is 26.2 Å². The highest BCUT2D eigenvalue weighted by Crippen LogP contribution is 2.26. The van der Waals surface area contributed by atoms with Crippen LogP contribution in [-0.2, 0) is 10.0 Å². The van der Waals surface area contributed by atoms with Gasteiger partial charge in [0.2, 0.25) is 10.0 Å². The lowest BCUT2D eigenvalue weighted by Gasteiger charge is -2.34. The fraction of sp³-hybridized carbons (Fsp3) is 0.273. The third-order valence-corrected chi connectivity index (χ3v) is 7.96. The first-order valence-electron chi connectivity index (χ1n) is 10.1. The van der Waals surface area contributed by atoms with E-state index in [1.54, 1.807) is 53.8 Å². The zero-order valence-corrected chi connectivity index (χ0v) is 19.2. The Morgan fingerprint density at radius 3 is 2.25 bits per heavy atom. The van der Waals surface area contributed by atoms with Crippen LogP contribution in [0, 0.1) is 19.7 Å². The topological polar surface area (TPSA) is 75.5 Å². The van der Waals surface area contributed by atoms with Gasteiger partial charge >= 0.3 is 0 Å². The molecule has 2 heterocycles. The molecule has 1 aliphatic rings. The van der Waals surface area contributed by atoms with E-state index in [0.29, 0.717) is 22.6 Å². The van der Waals surface area contributed by atoms with Crippen molar-refractivity contribution in [3.63, 3.8) is 0 Å². The predicted molar refractivity (Wildman–Crippen MR) is 119 cm³/mol. The van der Waals surface area contributed by atoms with Crippen LogP contribution in [0.2, 0.25) is 5.02 Å². The second-order valence-electron chi connectivity index (χ2n) is 7.56. The van der Waals surface area contributed by atoms with Crippen molar-refractivity contribution < 1.29 is 17.6 Å². The van der Waals surface area contributed by atoms with Gasteiger partial charge in [0.1, 0.15) is 10.7 Å². The van der Waals surface area contributed by atoms with Crippen molar-refractivity contribution >= 4 is 27.5 Å². The number of hydrogen-bond acceptors (Lipinski definition) is 4. The van der Waals surface area contributed by atoms with Crippen LogP contribution in [0.25, 0.3) is 5.69 Å². The minimum atomic E-state index is -3.74. The summed E-state index contributed by atoms with van der Waals surface area (Å²) in [6.07, 6.45) is 0. The lowest BCUT2D eigenvalue weighted by Crippen LogP contribution is -2.50. The monoisotopic (exact) mass is 476 g/mol. The van der Waals surface area contributed by atoms with E-state index >= 15 is 0 Å². The number of sulfonamides is 1. The summed E-state index contributed by atoms with van der Waals surface area (Å²) in [6, 6.07) is 12.2. The number of aryl methyl sites for hydroxylation is 1. The molecule has 0 radical (unpaired) electrons. The van der Waals surface area contributed by atoms with Crippen LogP contribution in [0.4, 0.5) is 4.39 Å². The van der Waals surface area contributed by atoms with Gasteiger partial charge in [0.05, 0.1) is 27.7 Å². The minimum absolute atomic E-state index is 0.0636. The summed E-state index contributed by atoms with van der Waals surface area (Å²) in [6.45, 7) is 4.38. The number of nitrogens with zero attached hydrogens (tertiary/aromatic N) is 4. The number of halogens is 2. The van der Waals surface area contributed by atoms with Gasteiger partial charge in [-0.15, -0.1) is 0 Å². The van der Waals surface area contributed by atoms with E-state index < -0.39 is 10.0 Å². The third kappa shape index (κ3) is 4.03. The average molecular weight is 477 g/mol. The maximum atomic E-state index is 13.3. The number of carbonyl (C=O) groups excluding carboxylic acids is 1. The summed E-state index contributed by atoms with van der Waals surface area (Å²) in [7, 11) is -3.74. The second-order valence-corrected chi connectivity index (χ2v) is 9.87. The van der Waals surface area contributed by atoms with E-state index in [0.717, 1.165) is 0 Å². The molecular weight excluding hydrogens is 455 g/mol. The Morgan fingerprint density at radius 1 is 1.00 bits per heavy atom. The molecule has 0 spiro atoms. The number of hydrogen-bond donors (Lipinski definition) is 0. The molecule has 7 nitrogen and oxygen atoms in total. The summed E-state index contributed by atoms with van der Waals surface area (Å²) >= 11 is 6.08. The molecule has 1 amide bonds. The van der Waals surface area contributed by atoms with Gasteiger partial charge in [0, 0.05) is 26.2 Å². The first kappa shape index (κ1) is 22.4. The Morgan fingerprint density at radius 2 is 1.62 bits per heavy atom. The van der Waals surface area contributed by atoms with Gasteiger partial charge in [-0.25, -0.2) is 17.5 Å². The van der Waals surface area contributed by atoms with Gasteiger partial charge in [0.15, 0.2) is 0 Å². The van der Waals surface area contributed by atoms with Crippen LogP contribution in [0.3, 0.4) is 0 Å². The molecule has 32 heavy (non-hydrogen) atoms. The van der Waals surface area contributed by atoms with Crippen LogP contribution < -0.4 is 0 Å². The highest BCUT2D eigenvalue weighted by molar-refractivity contribution is 7.89. The molecule has 0 unspecified atom stereocenters. The summed E-state index contributed by atoms with van der Waals surface area (Å²) in [5.41, 5.74) is 2.33. The average Bonchev–Trinajstić information content (AvgIpc) is 3.08. The molecule has 0 saturated carbocycles. The second kappa shape index (κ2) is 8.65. The smallest absolute Gasteiger partial charge is 0.257 e. The van der Waals surface area contributed by atoms with Gasteiger partial charge in [-0.2, -0.15) is 9.40 Å². The van der Waals surface area contributed by atoms with Gasteiger partial charge in [-0.1, -0.05) is 23.7 Å². The molecule has 4 rings (SSSR count). The molecule has 0 N–H and O–H groups in total. The van der Waals surface area contributed by atoms with Crippen LogP contribution >= 0.6 is 11.6 Å². The van der Waals surface area contributed by atoms with Crippen LogP contribution in [0.15, 0.2) is 53.4 Å². The molecule has 168 valence electrons. The molecule has 1 fully saturated rings. The van der Waals surface area contributed by atoms with Crippen molar-refractivity contribution in [3.8, 4) is 5.69 Å². The van der Waals surface area contributed by atoms with E-state index in [-0.39, 0.29) is 47.8 Å². The van der Waals surface area contributed by atoms with Crippen molar-refractivity contribution in [1.29, 1.82) is 0 Å². The zero-order chi connectivity index (χ0) is 23.0. The number of amides is 1. The molecule has 1 aliphatic heterocycles. The van der Waals surface area contributed by atoms with E-state index in [9.17, 15) is 17.6 Å². The molecule has 3 aromatic rings. The van der Waals surface area contributed by atoms with Gasteiger partial charge in [-0.3, -0.25) is 4.79 Å². The fourth-order valence-corrected chi connectivity index (χ4v) is 5.78. The molecule has 0 atom stereocenters. The zero-order valence-electron chi connectivity index (χ0n) is 17.6. The lowest BCUT2D eigenvalue weighted by molar-refractivity contribution is 0.0696. The summed E-state index contributed by atoms with van der Waals surface area (Å²) in [5, 5.41) is 4.63. The highest BCUT2D eigenvalue weighted by Gasteiger charge is 2.33. The van der Waals surface area contributed by atoms with Gasteiger partial charge in [-0.05, 0) is 50.2 Å². The summed E-state index contributed by atoms with van der Waals surface area (Å²) in [4.78, 5) is 14.9. The summed E-state index contributed by atoms with van der Waals surface area (Å²) in [5.74, 6) is -0.556. The molecule has 1 aromatic heterocycles. The maximum Gasteiger partial charge on any atom is 0.257 e. The standard InChI is InChI=1S/C22H22ClFN4O3S/c1-15-21(16(2)28(25-15)18-9-7-17(24)8-10-18)22(29)26-11-13-27(14-12-26)32(30,31)20-6-4-3-5-19(20)23/h3-10H,11-14H2,1-2H3. The molecule has 2 aromatic carbocycles. The van der Waals surface area contributed by atoms with E-state index in [4.69, 9.17) is 11.6 Å². The Kier molecular flexibility index (Phi) is 6.07. The molecule has 10 heteroatoms. The fourth-order valence-electron chi connectivity index (χ4n) is 3.87. The Labute approximate surface area is 191 Å². The van der Waals surface area contributed by atoms with Gasteiger partial charge in [0.25, 0.3) is 5.91 Å². The highest BCUT2D eigenvalue weighted by atomic mass is 35.5. The molecular formula is C22H22ClFN4O3S. The largest absolute Gasteiger partial charge is 0.336 e. The predicted octanol–water partition coefficient (Wildman–Crippen LogP) is 3.43. The van der Waals surface area contributed by atoms with E-state index in [1.165, 1.54) is 22.5 Å². The van der Waals surface area contributed by atoms with Crippen molar-refractivity contribution in [1.82, 2.24) is 19.0 Å². The third-order valence-electron chi connectivity index (χ3n) is 5.56. The molecule has 1 saturated heterocycles. The normalized spacial score (nSPS) is 15.2.